The monoisotopic (exact) mass is 526 g/mol. The van der Waals surface area contributed by atoms with E-state index < -0.39 is 29.0 Å². The van der Waals surface area contributed by atoms with Gasteiger partial charge in [-0.2, -0.15) is 0 Å². The summed E-state index contributed by atoms with van der Waals surface area (Å²) in [4.78, 5) is 14.3. The van der Waals surface area contributed by atoms with Gasteiger partial charge in [0.15, 0.2) is 11.2 Å². The second-order valence-electron chi connectivity index (χ2n) is 9.55. The zero-order valence-electron chi connectivity index (χ0n) is 20.9. The normalized spacial score (nSPS) is 25.6. The molecule has 1 aliphatic carbocycles. The second kappa shape index (κ2) is 9.11. The van der Waals surface area contributed by atoms with Gasteiger partial charge in [-0.15, -0.1) is 0 Å². The Morgan fingerprint density at radius 3 is 2.49 bits per heavy atom. The van der Waals surface area contributed by atoms with E-state index in [4.69, 9.17) is 25.8 Å². The zero-order valence-corrected chi connectivity index (χ0v) is 21.7. The highest BCUT2D eigenvalue weighted by molar-refractivity contribution is 6.30. The number of fused-ring (bicyclic) bond motifs is 3. The predicted octanol–water partition coefficient (Wildman–Crippen LogP) is 4.80. The maximum atomic E-state index is 14.5. The Morgan fingerprint density at radius 1 is 1.14 bits per heavy atom. The lowest BCUT2D eigenvalue weighted by atomic mass is 9.71. The standard InChI is InChI=1S/C28H28ClFN2O5/c1-32(2)26(33)31-24-15-21(16-6-5-7-19(30)12-16)28(17-8-10-18(29)11-9-17)27(24,34)25-22(36-4)13-20(35-3)14-23(25)37-28/h5-14,21,24,34H,15H2,1-4H3,(H,31,33)/t21-,24+,27-,28+/m1/s1. The summed E-state index contributed by atoms with van der Waals surface area (Å²) in [6, 6.07) is 15.3. The number of urea groups is 1. The van der Waals surface area contributed by atoms with E-state index in [0.29, 0.717) is 39.0 Å². The summed E-state index contributed by atoms with van der Waals surface area (Å²) < 4.78 is 32.4. The highest BCUT2D eigenvalue weighted by Crippen LogP contribution is 2.68. The minimum Gasteiger partial charge on any atom is -0.496 e. The number of halogens is 2. The van der Waals surface area contributed by atoms with Gasteiger partial charge < -0.3 is 29.5 Å². The van der Waals surface area contributed by atoms with E-state index in [1.54, 1.807) is 62.6 Å². The van der Waals surface area contributed by atoms with Crippen molar-refractivity contribution < 1.29 is 28.5 Å². The molecular weight excluding hydrogens is 499 g/mol. The lowest BCUT2D eigenvalue weighted by Crippen LogP contribution is -2.57. The van der Waals surface area contributed by atoms with Gasteiger partial charge in [0.2, 0.25) is 0 Å². The first-order valence-corrected chi connectivity index (χ1v) is 12.2. The lowest BCUT2D eigenvalue weighted by molar-refractivity contribution is -0.116. The predicted molar refractivity (Wildman–Crippen MR) is 137 cm³/mol. The number of amides is 2. The van der Waals surface area contributed by atoms with Crippen molar-refractivity contribution in [2.45, 2.75) is 29.6 Å². The van der Waals surface area contributed by atoms with Gasteiger partial charge in [0.05, 0.1) is 25.8 Å². The van der Waals surface area contributed by atoms with Gasteiger partial charge in [0.25, 0.3) is 0 Å². The summed E-state index contributed by atoms with van der Waals surface area (Å²) in [5, 5.41) is 16.4. The number of nitrogens with zero attached hydrogens (tertiary/aromatic N) is 1. The molecule has 2 aliphatic rings. The Balaban J connectivity index is 1.83. The van der Waals surface area contributed by atoms with E-state index in [0.717, 1.165) is 0 Å². The first kappa shape index (κ1) is 25.2. The molecular formula is C28H28ClFN2O5. The number of nitrogens with one attached hydrogen (secondary N) is 1. The Bertz CT molecular complexity index is 1350. The largest absolute Gasteiger partial charge is 0.496 e. The van der Waals surface area contributed by atoms with E-state index in [2.05, 4.69) is 5.32 Å². The van der Waals surface area contributed by atoms with Crippen LogP contribution in [0, 0.1) is 5.82 Å². The molecule has 0 radical (unpaired) electrons. The molecule has 194 valence electrons. The van der Waals surface area contributed by atoms with Crippen molar-refractivity contribution in [2.75, 3.05) is 28.3 Å². The van der Waals surface area contributed by atoms with Crippen molar-refractivity contribution in [3.63, 3.8) is 0 Å². The van der Waals surface area contributed by atoms with Crippen LogP contribution in [0.25, 0.3) is 0 Å². The first-order chi connectivity index (χ1) is 17.6. The number of benzene rings is 3. The summed E-state index contributed by atoms with van der Waals surface area (Å²) in [5.41, 5.74) is -1.65. The van der Waals surface area contributed by atoms with Crippen LogP contribution in [-0.2, 0) is 11.2 Å². The molecule has 4 atom stereocenters. The fourth-order valence-corrected chi connectivity index (χ4v) is 5.92. The minimum atomic E-state index is -1.81. The third-order valence-electron chi connectivity index (χ3n) is 7.41. The van der Waals surface area contributed by atoms with Crippen molar-refractivity contribution in [1.82, 2.24) is 10.2 Å². The third kappa shape index (κ3) is 3.69. The maximum absolute atomic E-state index is 14.5. The summed E-state index contributed by atoms with van der Waals surface area (Å²) in [7, 11) is 6.26. The van der Waals surface area contributed by atoms with Gasteiger partial charge in [-0.25, -0.2) is 9.18 Å². The second-order valence-corrected chi connectivity index (χ2v) is 9.99. The molecule has 0 spiro atoms. The molecule has 0 saturated heterocycles. The van der Waals surface area contributed by atoms with Crippen LogP contribution in [0.15, 0.2) is 60.7 Å². The number of carbonyl (C=O) groups excluding carboxylic acids is 1. The van der Waals surface area contributed by atoms with Crippen LogP contribution < -0.4 is 19.5 Å². The molecule has 0 bridgehead atoms. The number of carbonyl (C=O) groups is 1. The van der Waals surface area contributed by atoms with E-state index in [-0.39, 0.29) is 12.5 Å². The highest BCUT2D eigenvalue weighted by Gasteiger charge is 2.74. The number of methoxy groups -OCH3 is 2. The molecule has 2 amide bonds. The molecule has 1 aliphatic heterocycles. The Hall–Kier alpha value is -3.49. The molecule has 1 heterocycles. The smallest absolute Gasteiger partial charge is 0.317 e. The SMILES string of the molecule is COc1cc(OC)c2c(c1)O[C@@]1(c3ccc(Cl)cc3)[C@@H](c3cccc(F)c3)C[C@H](NC(=O)N(C)C)[C@@]21O. The summed E-state index contributed by atoms with van der Waals surface area (Å²) in [6.07, 6.45) is 0.261. The quantitative estimate of drug-likeness (QED) is 0.499. The van der Waals surface area contributed by atoms with Crippen LogP contribution in [0.2, 0.25) is 5.02 Å². The van der Waals surface area contributed by atoms with E-state index in [1.807, 2.05) is 0 Å². The maximum Gasteiger partial charge on any atom is 0.317 e. The lowest BCUT2D eigenvalue weighted by Gasteiger charge is -2.41. The van der Waals surface area contributed by atoms with Crippen LogP contribution in [0.3, 0.4) is 0 Å². The topological polar surface area (TPSA) is 80.3 Å². The number of aliphatic hydroxyl groups is 1. The van der Waals surface area contributed by atoms with Crippen LogP contribution in [0.5, 0.6) is 17.2 Å². The molecule has 0 unspecified atom stereocenters. The highest BCUT2D eigenvalue weighted by atomic mass is 35.5. The number of rotatable bonds is 5. The van der Waals surface area contributed by atoms with Crippen LogP contribution in [-0.4, -0.2) is 50.4 Å². The molecule has 9 heteroatoms. The molecule has 7 nitrogen and oxygen atoms in total. The first-order valence-electron chi connectivity index (χ1n) is 11.8. The van der Waals surface area contributed by atoms with Crippen molar-refractivity contribution in [3.8, 4) is 17.2 Å². The van der Waals surface area contributed by atoms with Gasteiger partial charge in [0, 0.05) is 37.2 Å². The van der Waals surface area contributed by atoms with E-state index in [9.17, 15) is 14.3 Å². The molecule has 37 heavy (non-hydrogen) atoms. The molecule has 2 N–H and O–H groups in total. The van der Waals surface area contributed by atoms with Crippen LogP contribution in [0.1, 0.15) is 29.0 Å². The Labute approximate surface area is 219 Å². The molecule has 5 rings (SSSR count). The number of hydrogen-bond acceptors (Lipinski definition) is 5. The minimum absolute atomic E-state index is 0.261. The van der Waals surface area contributed by atoms with Crippen molar-refractivity contribution in [3.05, 3.63) is 88.2 Å². The fraction of sp³-hybridized carbons (Fsp3) is 0.321. The Kier molecular flexibility index (Phi) is 6.20. The zero-order chi connectivity index (χ0) is 26.5. The van der Waals surface area contributed by atoms with Crippen molar-refractivity contribution in [1.29, 1.82) is 0 Å². The summed E-state index contributed by atoms with van der Waals surface area (Å²) in [6.45, 7) is 0. The fourth-order valence-electron chi connectivity index (χ4n) is 5.79. The average molecular weight is 527 g/mol. The molecule has 1 fully saturated rings. The summed E-state index contributed by atoms with van der Waals surface area (Å²) >= 11 is 6.22. The average Bonchev–Trinajstić information content (AvgIpc) is 3.29. The van der Waals surface area contributed by atoms with Gasteiger partial charge in [-0.05, 0) is 41.8 Å². The van der Waals surface area contributed by atoms with Gasteiger partial charge in [-0.3, -0.25) is 0 Å². The molecule has 1 saturated carbocycles. The van der Waals surface area contributed by atoms with Gasteiger partial charge >= 0.3 is 6.03 Å². The van der Waals surface area contributed by atoms with Crippen LogP contribution >= 0.6 is 11.6 Å². The van der Waals surface area contributed by atoms with Crippen molar-refractivity contribution >= 4 is 17.6 Å². The Morgan fingerprint density at radius 2 is 1.86 bits per heavy atom. The number of hydrogen-bond donors (Lipinski definition) is 2. The van der Waals surface area contributed by atoms with Crippen molar-refractivity contribution in [2.24, 2.45) is 0 Å². The van der Waals surface area contributed by atoms with E-state index in [1.165, 1.54) is 31.3 Å². The molecule has 3 aromatic carbocycles. The molecule has 0 aromatic heterocycles. The van der Waals surface area contributed by atoms with Gasteiger partial charge in [-0.1, -0.05) is 35.9 Å². The van der Waals surface area contributed by atoms with Crippen LogP contribution in [0.4, 0.5) is 9.18 Å². The number of ether oxygens (including phenoxy) is 3. The van der Waals surface area contributed by atoms with Gasteiger partial charge in [0.1, 0.15) is 23.1 Å². The third-order valence-corrected chi connectivity index (χ3v) is 7.66. The summed E-state index contributed by atoms with van der Waals surface area (Å²) in [5.74, 6) is 0.185. The molecule has 3 aromatic rings. The van der Waals surface area contributed by atoms with E-state index >= 15 is 0 Å².